The van der Waals surface area contributed by atoms with Crippen molar-refractivity contribution in [1.82, 2.24) is 0 Å². The molecule has 1 aliphatic carbocycles. The van der Waals surface area contributed by atoms with Crippen LogP contribution in [0, 0.1) is 11.8 Å². The molecule has 27 heavy (non-hydrogen) atoms. The molecular weight excluding hydrogens is 348 g/mol. The SMILES string of the molecule is C=CC[C@@H](OC(C)=O)[C@@H]1CC=C[C@@H]([C@@H](C=C)OC(C)=O)[C@@H]2OC(C)(C)O[C@H]12. The molecule has 150 valence electrons. The molecule has 2 rings (SSSR count). The Kier molecular flexibility index (Phi) is 7.00. The first-order valence-corrected chi connectivity index (χ1v) is 9.28. The minimum absolute atomic E-state index is 0.109. The molecule has 6 heteroatoms. The average Bonchev–Trinajstić information content (AvgIpc) is 2.77. The number of rotatable bonds is 7. The van der Waals surface area contributed by atoms with Crippen molar-refractivity contribution in [2.45, 2.75) is 70.7 Å². The Balaban J connectivity index is 2.36. The van der Waals surface area contributed by atoms with Gasteiger partial charge in [0.05, 0.1) is 12.2 Å². The summed E-state index contributed by atoms with van der Waals surface area (Å²) in [7, 11) is 0. The zero-order valence-corrected chi connectivity index (χ0v) is 16.6. The topological polar surface area (TPSA) is 71.1 Å². The smallest absolute Gasteiger partial charge is 0.303 e. The van der Waals surface area contributed by atoms with E-state index in [1.54, 1.807) is 12.2 Å². The van der Waals surface area contributed by atoms with Gasteiger partial charge in [-0.3, -0.25) is 9.59 Å². The number of carbonyl (C=O) groups is 2. The summed E-state index contributed by atoms with van der Waals surface area (Å²) in [5, 5.41) is 0. The lowest BCUT2D eigenvalue weighted by atomic mass is 9.84. The molecule has 0 unspecified atom stereocenters. The third-order valence-corrected chi connectivity index (χ3v) is 4.84. The molecule has 0 radical (unpaired) electrons. The Hall–Kier alpha value is -1.92. The molecule has 1 heterocycles. The Morgan fingerprint density at radius 3 is 2.37 bits per heavy atom. The van der Waals surface area contributed by atoms with Crippen molar-refractivity contribution < 1.29 is 28.5 Å². The van der Waals surface area contributed by atoms with Gasteiger partial charge in [0.1, 0.15) is 12.2 Å². The fraction of sp³-hybridized carbons (Fsp3) is 0.619. The van der Waals surface area contributed by atoms with Crippen LogP contribution < -0.4 is 0 Å². The van der Waals surface area contributed by atoms with E-state index in [0.717, 1.165) is 0 Å². The molecule has 6 atom stereocenters. The molecule has 0 amide bonds. The maximum atomic E-state index is 11.6. The van der Waals surface area contributed by atoms with Crippen molar-refractivity contribution in [3.05, 3.63) is 37.5 Å². The second-order valence-corrected chi connectivity index (χ2v) is 7.45. The molecule has 0 saturated carbocycles. The molecule has 1 aliphatic heterocycles. The maximum Gasteiger partial charge on any atom is 0.303 e. The van der Waals surface area contributed by atoms with Crippen molar-refractivity contribution in [2.24, 2.45) is 11.8 Å². The van der Waals surface area contributed by atoms with Crippen LogP contribution in [0.3, 0.4) is 0 Å². The van der Waals surface area contributed by atoms with Crippen molar-refractivity contribution in [1.29, 1.82) is 0 Å². The van der Waals surface area contributed by atoms with Gasteiger partial charge in [-0.2, -0.15) is 0 Å². The van der Waals surface area contributed by atoms with E-state index >= 15 is 0 Å². The number of allylic oxidation sites excluding steroid dienone is 1. The van der Waals surface area contributed by atoms with Crippen LogP contribution in [0.5, 0.6) is 0 Å². The standard InChI is InChI=1S/C21H30O6/c1-7-10-18(25-14(4)23)16-12-9-11-15(17(8-2)24-13(3)22)19-20(16)27-21(5,6)26-19/h7-9,11,15-20H,1-2,10,12H2,3-6H3/t15-,16-,17+,18+,19-,20+/m0/s1. The van der Waals surface area contributed by atoms with E-state index in [0.29, 0.717) is 12.8 Å². The molecule has 0 N–H and O–H groups in total. The van der Waals surface area contributed by atoms with Gasteiger partial charge in [0.2, 0.25) is 0 Å². The molecular formula is C21H30O6. The lowest BCUT2D eigenvalue weighted by molar-refractivity contribution is -0.164. The van der Waals surface area contributed by atoms with Crippen LogP contribution in [0.25, 0.3) is 0 Å². The largest absolute Gasteiger partial charge is 0.462 e. The number of ether oxygens (including phenoxy) is 4. The number of hydrogen-bond donors (Lipinski definition) is 0. The number of carbonyl (C=O) groups excluding carboxylic acids is 2. The van der Waals surface area contributed by atoms with E-state index in [1.807, 2.05) is 26.0 Å². The minimum Gasteiger partial charge on any atom is -0.462 e. The van der Waals surface area contributed by atoms with Crippen LogP contribution in [0.15, 0.2) is 37.5 Å². The van der Waals surface area contributed by atoms with Crippen molar-refractivity contribution in [3.63, 3.8) is 0 Å². The number of hydrogen-bond acceptors (Lipinski definition) is 6. The zero-order chi connectivity index (χ0) is 20.2. The van der Waals surface area contributed by atoms with Gasteiger partial charge < -0.3 is 18.9 Å². The third-order valence-electron chi connectivity index (χ3n) is 4.84. The van der Waals surface area contributed by atoms with Gasteiger partial charge in [-0.15, -0.1) is 6.58 Å². The monoisotopic (exact) mass is 378 g/mol. The molecule has 0 bridgehead atoms. The highest BCUT2D eigenvalue weighted by Gasteiger charge is 2.52. The molecule has 1 fully saturated rings. The lowest BCUT2D eigenvalue weighted by Crippen LogP contribution is -2.44. The Morgan fingerprint density at radius 2 is 1.81 bits per heavy atom. The van der Waals surface area contributed by atoms with Crippen molar-refractivity contribution in [2.75, 3.05) is 0 Å². The van der Waals surface area contributed by atoms with Crippen LogP contribution >= 0.6 is 0 Å². The first-order chi connectivity index (χ1) is 12.7. The Morgan fingerprint density at radius 1 is 1.19 bits per heavy atom. The van der Waals surface area contributed by atoms with Crippen molar-refractivity contribution >= 4 is 11.9 Å². The van der Waals surface area contributed by atoms with Crippen LogP contribution in [0.1, 0.15) is 40.5 Å². The summed E-state index contributed by atoms with van der Waals surface area (Å²) in [6.45, 7) is 14.0. The molecule has 2 aliphatic rings. The summed E-state index contributed by atoms with van der Waals surface area (Å²) in [4.78, 5) is 23.1. The predicted molar refractivity (Wildman–Crippen MR) is 101 cm³/mol. The lowest BCUT2D eigenvalue weighted by Gasteiger charge is -2.33. The molecule has 0 spiro atoms. The third kappa shape index (κ3) is 5.30. The highest BCUT2D eigenvalue weighted by molar-refractivity contribution is 5.66. The summed E-state index contributed by atoms with van der Waals surface area (Å²) in [5.74, 6) is -1.88. The fourth-order valence-electron chi connectivity index (χ4n) is 3.91. The van der Waals surface area contributed by atoms with E-state index in [4.69, 9.17) is 18.9 Å². The first kappa shape index (κ1) is 21.4. The molecule has 1 saturated heterocycles. The van der Waals surface area contributed by atoms with Gasteiger partial charge in [0.25, 0.3) is 0 Å². The van der Waals surface area contributed by atoms with E-state index in [-0.39, 0.29) is 42.1 Å². The first-order valence-electron chi connectivity index (χ1n) is 9.28. The molecule has 0 aromatic heterocycles. The Bertz CT molecular complexity index is 608. The fourth-order valence-corrected chi connectivity index (χ4v) is 3.91. The van der Waals surface area contributed by atoms with Gasteiger partial charge >= 0.3 is 11.9 Å². The average molecular weight is 378 g/mol. The minimum atomic E-state index is -0.798. The molecule has 6 nitrogen and oxygen atoms in total. The summed E-state index contributed by atoms with van der Waals surface area (Å²) in [6, 6.07) is 0. The van der Waals surface area contributed by atoms with Gasteiger partial charge in [-0.1, -0.05) is 30.9 Å². The number of fused-ring (bicyclic) bond motifs is 1. The van der Waals surface area contributed by atoms with Gasteiger partial charge in [0, 0.05) is 32.1 Å². The van der Waals surface area contributed by atoms with Crippen LogP contribution in [-0.4, -0.2) is 42.1 Å². The van der Waals surface area contributed by atoms with Crippen LogP contribution in [-0.2, 0) is 28.5 Å². The summed E-state index contributed by atoms with van der Waals surface area (Å²) >= 11 is 0. The summed E-state index contributed by atoms with van der Waals surface area (Å²) < 4.78 is 23.4. The van der Waals surface area contributed by atoms with Gasteiger partial charge in [0.15, 0.2) is 5.79 Å². The second-order valence-electron chi connectivity index (χ2n) is 7.45. The number of esters is 2. The molecule has 0 aromatic carbocycles. The quantitative estimate of drug-likeness (QED) is 0.500. The summed E-state index contributed by atoms with van der Waals surface area (Å²) in [5.41, 5.74) is 0. The zero-order valence-electron chi connectivity index (χ0n) is 16.6. The van der Waals surface area contributed by atoms with E-state index in [1.165, 1.54) is 13.8 Å². The van der Waals surface area contributed by atoms with E-state index in [9.17, 15) is 9.59 Å². The van der Waals surface area contributed by atoms with E-state index < -0.39 is 11.9 Å². The van der Waals surface area contributed by atoms with Crippen LogP contribution in [0.2, 0.25) is 0 Å². The van der Waals surface area contributed by atoms with Gasteiger partial charge in [-0.25, -0.2) is 0 Å². The molecule has 0 aromatic rings. The van der Waals surface area contributed by atoms with Crippen molar-refractivity contribution in [3.8, 4) is 0 Å². The Labute approximate surface area is 161 Å². The highest BCUT2D eigenvalue weighted by atomic mass is 16.8. The summed E-state index contributed by atoms with van der Waals surface area (Å²) in [6.07, 6.45) is 6.90. The normalized spacial score (nSPS) is 31.1. The van der Waals surface area contributed by atoms with Gasteiger partial charge in [-0.05, 0) is 20.3 Å². The maximum absolute atomic E-state index is 11.6. The predicted octanol–water partition coefficient (Wildman–Crippen LogP) is 3.32. The van der Waals surface area contributed by atoms with E-state index in [2.05, 4.69) is 13.2 Å². The second kappa shape index (κ2) is 8.85. The van der Waals surface area contributed by atoms with Crippen LogP contribution in [0.4, 0.5) is 0 Å². The highest BCUT2D eigenvalue weighted by Crippen LogP contribution is 2.43.